The Hall–Kier alpha value is -1.89. The lowest BCUT2D eigenvalue weighted by Gasteiger charge is -2.18. The first-order valence-corrected chi connectivity index (χ1v) is 9.04. The second kappa shape index (κ2) is 10.9. The van der Waals surface area contributed by atoms with Crippen LogP contribution in [0, 0.1) is 5.92 Å². The quantitative estimate of drug-likeness (QED) is 0.482. The van der Waals surface area contributed by atoms with Gasteiger partial charge in [-0.25, -0.2) is 4.79 Å². The predicted molar refractivity (Wildman–Crippen MR) is 99.1 cm³/mol. The summed E-state index contributed by atoms with van der Waals surface area (Å²) >= 11 is 3.33. The van der Waals surface area contributed by atoms with Crippen LogP contribution in [0.2, 0.25) is 0 Å². The highest BCUT2D eigenvalue weighted by atomic mass is 79.9. The molecule has 138 valence electrons. The lowest BCUT2D eigenvalue weighted by Crippen LogP contribution is -2.42. The van der Waals surface area contributed by atoms with Gasteiger partial charge < -0.3 is 15.4 Å². The average Bonchev–Trinajstić information content (AvgIpc) is 2.57. The van der Waals surface area contributed by atoms with Gasteiger partial charge in [0.15, 0.2) is 0 Å². The summed E-state index contributed by atoms with van der Waals surface area (Å²) in [5.74, 6) is -0.608. The van der Waals surface area contributed by atoms with Crippen molar-refractivity contribution >= 4 is 33.7 Å². The van der Waals surface area contributed by atoms with Crippen molar-refractivity contribution in [2.24, 2.45) is 5.92 Å². The molecular weight excluding hydrogens is 388 g/mol. The summed E-state index contributed by atoms with van der Waals surface area (Å²) in [5.41, 5.74) is 0.551. The van der Waals surface area contributed by atoms with E-state index in [1.54, 1.807) is 18.2 Å². The Labute approximate surface area is 156 Å². The molecule has 25 heavy (non-hydrogen) atoms. The lowest BCUT2D eigenvalue weighted by molar-refractivity contribution is -0.145. The molecule has 0 aliphatic rings. The molecular formula is C18H25BrN2O4. The summed E-state index contributed by atoms with van der Waals surface area (Å²) in [6.07, 6.45) is 1.23. The van der Waals surface area contributed by atoms with Gasteiger partial charge in [-0.1, -0.05) is 26.0 Å². The van der Waals surface area contributed by atoms with Crippen LogP contribution in [0.1, 0.15) is 43.5 Å². The Balaban J connectivity index is 2.37. The standard InChI is InChI=1S/C18H25BrN2O4/c1-12(2)11-15(18(24)25-3)21-16(22)9-6-10-20-17(23)13-7-4-5-8-14(13)19/h4-5,7-8,12,15H,6,9-11H2,1-3H3,(H,20,23)(H,21,22)/t15-/m0/s1. The number of methoxy groups -OCH3 is 1. The molecule has 1 atom stereocenters. The highest BCUT2D eigenvalue weighted by molar-refractivity contribution is 9.10. The second-order valence-electron chi connectivity index (χ2n) is 6.11. The fourth-order valence-electron chi connectivity index (χ4n) is 2.29. The molecule has 0 bridgehead atoms. The molecule has 0 fully saturated rings. The Kier molecular flexibility index (Phi) is 9.20. The van der Waals surface area contributed by atoms with Crippen molar-refractivity contribution in [1.29, 1.82) is 0 Å². The van der Waals surface area contributed by atoms with E-state index in [0.29, 0.717) is 24.9 Å². The smallest absolute Gasteiger partial charge is 0.328 e. The molecule has 0 heterocycles. The molecule has 0 aliphatic heterocycles. The van der Waals surface area contributed by atoms with E-state index in [1.807, 2.05) is 19.9 Å². The van der Waals surface area contributed by atoms with Crippen molar-refractivity contribution in [3.63, 3.8) is 0 Å². The molecule has 0 aromatic heterocycles. The molecule has 2 amide bonds. The van der Waals surface area contributed by atoms with E-state index in [0.717, 1.165) is 4.47 Å². The maximum Gasteiger partial charge on any atom is 0.328 e. The topological polar surface area (TPSA) is 84.5 Å². The third kappa shape index (κ3) is 7.69. The zero-order chi connectivity index (χ0) is 18.8. The number of carbonyl (C=O) groups is 3. The number of hydrogen-bond donors (Lipinski definition) is 2. The van der Waals surface area contributed by atoms with E-state index in [1.165, 1.54) is 7.11 Å². The van der Waals surface area contributed by atoms with Crippen LogP contribution in [0.25, 0.3) is 0 Å². The zero-order valence-corrected chi connectivity index (χ0v) is 16.4. The van der Waals surface area contributed by atoms with Crippen molar-refractivity contribution < 1.29 is 19.1 Å². The fraction of sp³-hybridized carbons (Fsp3) is 0.500. The van der Waals surface area contributed by atoms with Gasteiger partial charge in [-0.15, -0.1) is 0 Å². The monoisotopic (exact) mass is 412 g/mol. The molecule has 0 spiro atoms. The van der Waals surface area contributed by atoms with Crippen molar-refractivity contribution in [2.75, 3.05) is 13.7 Å². The summed E-state index contributed by atoms with van der Waals surface area (Å²) in [5, 5.41) is 5.47. The van der Waals surface area contributed by atoms with Crippen LogP contribution < -0.4 is 10.6 Å². The molecule has 2 N–H and O–H groups in total. The Morgan fingerprint density at radius 1 is 1.20 bits per heavy atom. The number of benzene rings is 1. The van der Waals surface area contributed by atoms with Crippen LogP contribution in [0.5, 0.6) is 0 Å². The molecule has 6 nitrogen and oxygen atoms in total. The minimum Gasteiger partial charge on any atom is -0.467 e. The van der Waals surface area contributed by atoms with Crippen molar-refractivity contribution in [3.05, 3.63) is 34.3 Å². The van der Waals surface area contributed by atoms with E-state index >= 15 is 0 Å². The minimum absolute atomic E-state index is 0.194. The van der Waals surface area contributed by atoms with E-state index in [9.17, 15) is 14.4 Å². The number of rotatable bonds is 9. The highest BCUT2D eigenvalue weighted by Crippen LogP contribution is 2.15. The van der Waals surface area contributed by atoms with Gasteiger partial charge in [0.05, 0.1) is 12.7 Å². The number of nitrogens with one attached hydrogen (secondary N) is 2. The van der Waals surface area contributed by atoms with Crippen molar-refractivity contribution in [3.8, 4) is 0 Å². The van der Waals surface area contributed by atoms with Gasteiger partial charge in [-0.2, -0.15) is 0 Å². The Morgan fingerprint density at radius 3 is 2.48 bits per heavy atom. The van der Waals surface area contributed by atoms with Gasteiger partial charge in [0, 0.05) is 17.4 Å². The van der Waals surface area contributed by atoms with E-state index < -0.39 is 12.0 Å². The first kappa shape index (κ1) is 21.2. The van der Waals surface area contributed by atoms with Crippen LogP contribution in [-0.4, -0.2) is 37.5 Å². The Bertz CT molecular complexity index is 604. The fourth-order valence-corrected chi connectivity index (χ4v) is 2.75. The van der Waals surface area contributed by atoms with Gasteiger partial charge in [-0.3, -0.25) is 9.59 Å². The number of ether oxygens (including phenoxy) is 1. The van der Waals surface area contributed by atoms with Crippen LogP contribution >= 0.6 is 15.9 Å². The number of carbonyl (C=O) groups excluding carboxylic acids is 3. The van der Waals surface area contributed by atoms with Gasteiger partial charge in [0.1, 0.15) is 6.04 Å². The van der Waals surface area contributed by atoms with E-state index in [2.05, 4.69) is 26.6 Å². The van der Waals surface area contributed by atoms with Gasteiger partial charge in [0.2, 0.25) is 5.91 Å². The van der Waals surface area contributed by atoms with E-state index in [-0.39, 0.29) is 24.2 Å². The van der Waals surface area contributed by atoms with Crippen LogP contribution in [0.15, 0.2) is 28.7 Å². The SMILES string of the molecule is COC(=O)[C@H](CC(C)C)NC(=O)CCCNC(=O)c1ccccc1Br. The first-order valence-electron chi connectivity index (χ1n) is 8.25. The maximum atomic E-state index is 12.0. The highest BCUT2D eigenvalue weighted by Gasteiger charge is 2.22. The van der Waals surface area contributed by atoms with Gasteiger partial charge in [-0.05, 0) is 46.8 Å². The Morgan fingerprint density at radius 2 is 1.88 bits per heavy atom. The van der Waals surface area contributed by atoms with Gasteiger partial charge in [0.25, 0.3) is 5.91 Å². The molecule has 1 aromatic rings. The summed E-state index contributed by atoms with van der Waals surface area (Å²) in [6.45, 7) is 4.32. The summed E-state index contributed by atoms with van der Waals surface area (Å²) in [4.78, 5) is 35.7. The largest absolute Gasteiger partial charge is 0.467 e. The van der Waals surface area contributed by atoms with Crippen molar-refractivity contribution in [1.82, 2.24) is 10.6 Å². The summed E-state index contributed by atoms with van der Waals surface area (Å²) in [6, 6.07) is 6.50. The molecule has 0 unspecified atom stereocenters. The number of amides is 2. The predicted octanol–water partition coefficient (Wildman–Crippen LogP) is 2.66. The molecule has 0 radical (unpaired) electrons. The molecule has 0 saturated heterocycles. The number of hydrogen-bond acceptors (Lipinski definition) is 4. The average molecular weight is 413 g/mol. The normalized spacial score (nSPS) is 11.7. The second-order valence-corrected chi connectivity index (χ2v) is 6.97. The number of halogens is 1. The third-order valence-corrected chi connectivity index (χ3v) is 4.20. The van der Waals surface area contributed by atoms with Crippen LogP contribution in [-0.2, 0) is 14.3 Å². The molecule has 1 aromatic carbocycles. The molecule has 0 saturated carbocycles. The molecule has 0 aliphatic carbocycles. The lowest BCUT2D eigenvalue weighted by atomic mass is 10.0. The molecule has 7 heteroatoms. The van der Waals surface area contributed by atoms with Crippen LogP contribution in [0.4, 0.5) is 0 Å². The van der Waals surface area contributed by atoms with Gasteiger partial charge >= 0.3 is 5.97 Å². The summed E-state index contributed by atoms with van der Waals surface area (Å²) < 4.78 is 5.44. The molecule has 1 rings (SSSR count). The van der Waals surface area contributed by atoms with Crippen LogP contribution in [0.3, 0.4) is 0 Å². The van der Waals surface area contributed by atoms with E-state index in [4.69, 9.17) is 4.74 Å². The van der Waals surface area contributed by atoms with Crippen molar-refractivity contribution in [2.45, 2.75) is 39.2 Å². The third-order valence-electron chi connectivity index (χ3n) is 3.51. The first-order chi connectivity index (χ1) is 11.8. The minimum atomic E-state index is -0.632. The zero-order valence-electron chi connectivity index (χ0n) is 14.8. The number of esters is 1. The maximum absolute atomic E-state index is 12.0. The summed E-state index contributed by atoms with van der Waals surface area (Å²) in [7, 11) is 1.30.